The number of benzene rings is 1. The molecule has 2 aromatic rings. The van der Waals surface area contributed by atoms with Gasteiger partial charge >= 0.3 is 5.97 Å². The lowest BCUT2D eigenvalue weighted by Crippen LogP contribution is -2.10. The summed E-state index contributed by atoms with van der Waals surface area (Å²) >= 11 is 1.56. The van der Waals surface area contributed by atoms with Gasteiger partial charge < -0.3 is 9.47 Å². The molecule has 28 heavy (non-hydrogen) atoms. The van der Waals surface area contributed by atoms with Crippen molar-refractivity contribution in [1.29, 1.82) is 0 Å². The summed E-state index contributed by atoms with van der Waals surface area (Å²) in [4.78, 5) is 15.7. The van der Waals surface area contributed by atoms with E-state index < -0.39 is 23.4 Å². The molecule has 0 atom stereocenters. The number of carbonyl (C=O) groups excluding carboxylic acids is 1. The summed E-state index contributed by atoms with van der Waals surface area (Å²) < 4.78 is 38.9. The molecule has 0 saturated carbocycles. The number of thioether (sulfide) groups is 1. The van der Waals surface area contributed by atoms with Gasteiger partial charge in [0.05, 0.1) is 6.61 Å². The Morgan fingerprint density at radius 3 is 2.50 bits per heavy atom. The third kappa shape index (κ3) is 6.78. The minimum Gasteiger partial charge on any atom is -0.483 e. The van der Waals surface area contributed by atoms with E-state index in [1.807, 2.05) is 6.07 Å². The summed E-state index contributed by atoms with van der Waals surface area (Å²) in [5.41, 5.74) is 1.13. The molecule has 0 aliphatic heterocycles. The van der Waals surface area contributed by atoms with Crippen LogP contribution in [0.3, 0.4) is 0 Å². The van der Waals surface area contributed by atoms with E-state index in [0.29, 0.717) is 5.56 Å². The number of pyridine rings is 1. The molecule has 0 unspecified atom stereocenters. The van der Waals surface area contributed by atoms with Crippen LogP contribution >= 0.6 is 11.8 Å². The van der Waals surface area contributed by atoms with E-state index in [1.165, 1.54) is 12.1 Å². The minimum atomic E-state index is -0.798. The maximum Gasteiger partial charge on any atom is 0.306 e. The van der Waals surface area contributed by atoms with Gasteiger partial charge in [-0.1, -0.05) is 26.8 Å². The standard InChI is InChI=1S/C21H25F2NO3S/c1-5-26-18(25)9-8-14-11-16(22)19(17(23)12-14)27-13-15-7-6-10-24-20(15)28-21(2,3)4/h6-7,10-12H,5,8-9,13H2,1-4H3. The molecular weight excluding hydrogens is 384 g/mol. The molecule has 4 nitrogen and oxygen atoms in total. The third-order valence-corrected chi connectivity index (χ3v) is 4.78. The molecular formula is C21H25F2NO3S. The molecule has 1 aromatic carbocycles. The Morgan fingerprint density at radius 2 is 1.89 bits per heavy atom. The Kier molecular flexibility index (Phi) is 7.80. The van der Waals surface area contributed by atoms with Crippen LogP contribution in [0.25, 0.3) is 0 Å². The maximum atomic E-state index is 14.4. The Labute approximate surface area is 168 Å². The summed E-state index contributed by atoms with van der Waals surface area (Å²) in [7, 11) is 0. The lowest BCUT2D eigenvalue weighted by molar-refractivity contribution is -0.143. The Morgan fingerprint density at radius 1 is 1.21 bits per heavy atom. The second kappa shape index (κ2) is 9.87. The molecule has 0 bridgehead atoms. The zero-order valence-electron chi connectivity index (χ0n) is 16.6. The minimum absolute atomic E-state index is 0.00225. The summed E-state index contributed by atoms with van der Waals surface area (Å²) in [6, 6.07) is 5.96. The first kappa shape index (κ1) is 22.1. The van der Waals surface area contributed by atoms with Gasteiger partial charge in [0.25, 0.3) is 0 Å². The number of nitrogens with zero attached hydrogens (tertiary/aromatic N) is 1. The smallest absolute Gasteiger partial charge is 0.306 e. The molecule has 0 amide bonds. The molecule has 0 spiro atoms. The van der Waals surface area contributed by atoms with Crippen molar-refractivity contribution in [1.82, 2.24) is 4.98 Å². The molecule has 0 fully saturated rings. The molecule has 0 N–H and O–H groups in total. The van der Waals surface area contributed by atoms with Crippen molar-refractivity contribution in [3.05, 3.63) is 53.2 Å². The van der Waals surface area contributed by atoms with E-state index in [1.54, 1.807) is 30.9 Å². The maximum absolute atomic E-state index is 14.4. The first-order valence-corrected chi connectivity index (χ1v) is 9.90. The highest BCUT2D eigenvalue weighted by Gasteiger charge is 2.18. The third-order valence-electron chi connectivity index (χ3n) is 3.61. The number of halogens is 2. The zero-order valence-corrected chi connectivity index (χ0v) is 17.4. The van der Waals surface area contributed by atoms with Gasteiger partial charge in [0, 0.05) is 22.9 Å². The van der Waals surface area contributed by atoms with Gasteiger partial charge in [0.2, 0.25) is 0 Å². The van der Waals surface area contributed by atoms with E-state index in [0.717, 1.165) is 10.6 Å². The highest BCUT2D eigenvalue weighted by molar-refractivity contribution is 8.00. The van der Waals surface area contributed by atoms with Crippen LogP contribution in [-0.2, 0) is 22.6 Å². The van der Waals surface area contributed by atoms with Gasteiger partial charge in [0.15, 0.2) is 17.4 Å². The number of hydrogen-bond acceptors (Lipinski definition) is 5. The normalized spacial score (nSPS) is 11.4. The van der Waals surface area contributed by atoms with Crippen LogP contribution in [0, 0.1) is 11.6 Å². The summed E-state index contributed by atoms with van der Waals surface area (Å²) in [5, 5.41) is 0.766. The van der Waals surface area contributed by atoms with Crippen LogP contribution in [-0.4, -0.2) is 22.3 Å². The van der Waals surface area contributed by atoms with Crippen LogP contribution in [0.2, 0.25) is 0 Å². The SMILES string of the molecule is CCOC(=O)CCc1cc(F)c(OCc2cccnc2SC(C)(C)C)c(F)c1. The van der Waals surface area contributed by atoms with Crippen molar-refractivity contribution in [3.8, 4) is 5.75 Å². The quantitative estimate of drug-likeness (QED) is 0.436. The molecule has 0 saturated heterocycles. The van der Waals surface area contributed by atoms with Crippen molar-refractivity contribution >= 4 is 17.7 Å². The molecule has 7 heteroatoms. The van der Waals surface area contributed by atoms with Crippen LogP contribution < -0.4 is 4.74 Å². The van der Waals surface area contributed by atoms with E-state index in [9.17, 15) is 13.6 Å². The second-order valence-corrected chi connectivity index (χ2v) is 8.98. The highest BCUT2D eigenvalue weighted by atomic mass is 32.2. The van der Waals surface area contributed by atoms with Gasteiger partial charge in [-0.2, -0.15) is 0 Å². The Balaban J connectivity index is 2.08. The van der Waals surface area contributed by atoms with Gasteiger partial charge in [-0.25, -0.2) is 13.8 Å². The lowest BCUT2D eigenvalue weighted by Gasteiger charge is -2.19. The predicted molar refractivity (Wildman–Crippen MR) is 105 cm³/mol. The van der Waals surface area contributed by atoms with Gasteiger partial charge in [-0.15, -0.1) is 11.8 Å². The lowest BCUT2D eigenvalue weighted by atomic mass is 10.1. The fourth-order valence-corrected chi connectivity index (χ4v) is 3.39. The molecule has 0 radical (unpaired) electrons. The zero-order chi connectivity index (χ0) is 20.7. The molecule has 0 aliphatic rings. The van der Waals surface area contributed by atoms with Crippen LogP contribution in [0.5, 0.6) is 5.75 Å². The summed E-state index contributed by atoms with van der Waals surface area (Å²) in [6.07, 6.45) is 1.94. The van der Waals surface area contributed by atoms with Crippen LogP contribution in [0.4, 0.5) is 8.78 Å². The number of carbonyl (C=O) groups is 1. The Hall–Kier alpha value is -2.15. The van der Waals surface area contributed by atoms with Crippen molar-refractivity contribution in [2.45, 2.75) is 56.9 Å². The number of hydrogen-bond donors (Lipinski definition) is 0. The molecule has 2 rings (SSSR count). The first-order chi connectivity index (χ1) is 13.2. The van der Waals surface area contributed by atoms with Gasteiger partial charge in [0.1, 0.15) is 11.6 Å². The van der Waals surface area contributed by atoms with E-state index in [4.69, 9.17) is 9.47 Å². The van der Waals surface area contributed by atoms with Crippen molar-refractivity contribution < 1.29 is 23.0 Å². The predicted octanol–water partition coefficient (Wildman–Crippen LogP) is 5.33. The van der Waals surface area contributed by atoms with E-state index >= 15 is 0 Å². The summed E-state index contributed by atoms with van der Waals surface area (Å²) in [5.74, 6) is -2.43. The first-order valence-electron chi connectivity index (χ1n) is 9.09. The highest BCUT2D eigenvalue weighted by Crippen LogP contribution is 2.33. The van der Waals surface area contributed by atoms with E-state index in [2.05, 4.69) is 25.8 Å². The number of aromatic nitrogens is 1. The Bertz CT molecular complexity index is 799. The number of ether oxygens (including phenoxy) is 2. The average Bonchev–Trinajstić information content (AvgIpc) is 2.59. The molecule has 1 heterocycles. The number of rotatable bonds is 8. The monoisotopic (exact) mass is 409 g/mol. The molecule has 152 valence electrons. The van der Waals surface area contributed by atoms with E-state index in [-0.39, 0.29) is 30.8 Å². The fraction of sp³-hybridized carbons (Fsp3) is 0.429. The summed E-state index contributed by atoms with van der Waals surface area (Å²) in [6.45, 7) is 8.17. The average molecular weight is 409 g/mol. The van der Waals surface area contributed by atoms with Gasteiger partial charge in [-0.05, 0) is 37.1 Å². The van der Waals surface area contributed by atoms with Crippen molar-refractivity contribution in [2.24, 2.45) is 0 Å². The van der Waals surface area contributed by atoms with Gasteiger partial charge in [-0.3, -0.25) is 4.79 Å². The number of esters is 1. The number of aryl methyl sites for hydroxylation is 1. The van der Waals surface area contributed by atoms with Crippen LogP contribution in [0.15, 0.2) is 35.5 Å². The van der Waals surface area contributed by atoms with Crippen LogP contribution in [0.1, 0.15) is 45.2 Å². The van der Waals surface area contributed by atoms with Crippen molar-refractivity contribution in [2.75, 3.05) is 6.61 Å². The molecule has 0 aliphatic carbocycles. The second-order valence-electron chi connectivity index (χ2n) is 7.16. The van der Waals surface area contributed by atoms with Crippen molar-refractivity contribution in [3.63, 3.8) is 0 Å². The topological polar surface area (TPSA) is 48.4 Å². The molecule has 1 aromatic heterocycles. The fourth-order valence-electron chi connectivity index (χ4n) is 2.44. The largest absolute Gasteiger partial charge is 0.483 e.